The average Bonchev–Trinajstić information content (AvgIpc) is 3.73. The molecule has 3 fully saturated rings. The van der Waals surface area contributed by atoms with Crippen LogP contribution in [0, 0.1) is 0 Å². The van der Waals surface area contributed by atoms with Gasteiger partial charge in [0.05, 0.1) is 37.1 Å². The maximum absolute atomic E-state index is 13.2. The minimum atomic E-state index is -0.445. The number of aryl methyl sites for hydroxylation is 1. The number of rotatable bonds is 9. The largest absolute Gasteiger partial charge is 1.00 e. The monoisotopic (exact) mass is 717 g/mol. The molecule has 5 atom stereocenters. The molecule has 10 heteroatoms. The van der Waals surface area contributed by atoms with Crippen molar-refractivity contribution in [2.45, 2.75) is 69.1 Å². The van der Waals surface area contributed by atoms with Crippen LogP contribution in [-0.2, 0) is 27.3 Å². The van der Waals surface area contributed by atoms with Gasteiger partial charge in [0, 0.05) is 24.8 Å². The van der Waals surface area contributed by atoms with Gasteiger partial charge in [0.15, 0.2) is 0 Å². The number of fused-ring (bicyclic) bond motifs is 5. The molecule has 0 unspecified atom stereocenters. The lowest BCUT2D eigenvalue weighted by Gasteiger charge is -2.45. The first-order valence-electron chi connectivity index (χ1n) is 14.6. The molecule has 2 bridgehead atoms. The van der Waals surface area contributed by atoms with Crippen molar-refractivity contribution in [3.8, 4) is 11.1 Å². The summed E-state index contributed by atoms with van der Waals surface area (Å²) in [4.78, 5) is 25.7. The fraction of sp³-hybridized carbons (Fsp3) is 0.394. The predicted octanol–water partition coefficient (Wildman–Crippen LogP) is 2.77. The molecule has 3 heterocycles. The van der Waals surface area contributed by atoms with Crippen LogP contribution in [0.25, 0.3) is 11.1 Å². The number of nitrogens with zero attached hydrogens (tertiary/aromatic N) is 1. The normalized spacial score (nSPS) is 24.3. The molecule has 2 amide bonds. The SMILES string of the molecule is C[N+]1(C)[C@@H]2C[C@@H](OC(=O)Nc3cc(CCCC(=O)Nc4ccc(CO)cc4Cl)ccc3-c3ccccc3)C[C@H]1[C@@H]1O[C@@H]12.[I-]. The molecule has 3 aromatic carbocycles. The van der Waals surface area contributed by atoms with Gasteiger partial charge in [0.2, 0.25) is 5.91 Å². The Labute approximate surface area is 274 Å². The van der Waals surface area contributed by atoms with Gasteiger partial charge < -0.3 is 48.4 Å². The number of aliphatic hydroxyl groups excluding tert-OH is 1. The van der Waals surface area contributed by atoms with Crippen LogP contribution in [-0.4, -0.2) is 66.1 Å². The number of amides is 2. The Morgan fingerprint density at radius 1 is 0.953 bits per heavy atom. The number of hydrogen-bond donors (Lipinski definition) is 3. The zero-order valence-corrected chi connectivity index (χ0v) is 27.2. The Morgan fingerprint density at radius 2 is 1.65 bits per heavy atom. The smallest absolute Gasteiger partial charge is 0.411 e. The summed E-state index contributed by atoms with van der Waals surface area (Å²) < 4.78 is 12.8. The number of hydrogen-bond acceptors (Lipinski definition) is 5. The molecular formula is C33H37ClIN3O5. The number of aliphatic hydroxyl groups is 1. The van der Waals surface area contributed by atoms with E-state index in [1.54, 1.807) is 18.2 Å². The van der Waals surface area contributed by atoms with Crippen LogP contribution in [0.1, 0.15) is 36.8 Å². The summed E-state index contributed by atoms with van der Waals surface area (Å²) in [5.74, 6) is -0.136. The number of carbonyl (C=O) groups is 2. The second kappa shape index (κ2) is 13.1. The van der Waals surface area contributed by atoms with Gasteiger partial charge in [0.1, 0.15) is 30.4 Å². The number of ether oxygens (including phenoxy) is 2. The zero-order valence-electron chi connectivity index (χ0n) is 24.3. The molecule has 3 aromatic rings. The van der Waals surface area contributed by atoms with Gasteiger partial charge in [-0.25, -0.2) is 4.79 Å². The molecule has 0 spiro atoms. The van der Waals surface area contributed by atoms with Crippen molar-refractivity contribution >= 4 is 35.0 Å². The number of halogens is 2. The summed E-state index contributed by atoms with van der Waals surface area (Å²) in [7, 11) is 4.51. The lowest BCUT2D eigenvalue weighted by Crippen LogP contribution is -3.00. The summed E-state index contributed by atoms with van der Waals surface area (Å²) in [5, 5.41) is 15.5. The molecule has 3 aliphatic rings. The Kier molecular flexibility index (Phi) is 9.67. The molecule has 0 aliphatic carbocycles. The van der Waals surface area contributed by atoms with Crippen LogP contribution >= 0.6 is 11.6 Å². The minimum Gasteiger partial charge on any atom is -1.00 e. The topological polar surface area (TPSA) is 100 Å². The fourth-order valence-corrected chi connectivity index (χ4v) is 6.99. The number of quaternary nitrogens is 1. The van der Waals surface area contributed by atoms with Crippen LogP contribution in [0.2, 0.25) is 5.02 Å². The molecule has 6 rings (SSSR count). The van der Waals surface area contributed by atoms with Crippen molar-refractivity contribution in [2.75, 3.05) is 24.7 Å². The van der Waals surface area contributed by atoms with Crippen LogP contribution < -0.4 is 34.6 Å². The Balaban J connectivity index is 0.00000368. The van der Waals surface area contributed by atoms with Gasteiger partial charge in [-0.05, 0) is 47.7 Å². The van der Waals surface area contributed by atoms with Crippen molar-refractivity contribution in [2.24, 2.45) is 0 Å². The van der Waals surface area contributed by atoms with Gasteiger partial charge >= 0.3 is 6.09 Å². The molecule has 3 N–H and O–H groups in total. The third kappa shape index (κ3) is 6.86. The quantitative estimate of drug-likeness (QED) is 0.180. The van der Waals surface area contributed by atoms with Crippen molar-refractivity contribution in [1.29, 1.82) is 0 Å². The molecular weight excluding hydrogens is 681 g/mol. The number of piperidine rings is 1. The third-order valence-electron chi connectivity index (χ3n) is 9.08. The van der Waals surface area contributed by atoms with E-state index in [1.165, 1.54) is 0 Å². The van der Waals surface area contributed by atoms with E-state index in [-0.39, 0.29) is 42.6 Å². The molecule has 43 heavy (non-hydrogen) atoms. The second-order valence-electron chi connectivity index (χ2n) is 12.1. The number of carbonyl (C=O) groups excluding carboxylic acids is 2. The number of benzene rings is 3. The molecule has 228 valence electrons. The summed E-state index contributed by atoms with van der Waals surface area (Å²) in [5.41, 5.74) is 4.81. The van der Waals surface area contributed by atoms with Crippen molar-refractivity contribution in [3.05, 3.63) is 82.9 Å². The van der Waals surface area contributed by atoms with Gasteiger partial charge in [-0.1, -0.05) is 60.1 Å². The number of nitrogens with one attached hydrogen (secondary N) is 2. The lowest BCUT2D eigenvalue weighted by molar-refractivity contribution is -0.938. The maximum atomic E-state index is 13.2. The Bertz CT molecular complexity index is 1470. The van der Waals surface area contributed by atoms with Crippen molar-refractivity contribution in [3.63, 3.8) is 0 Å². The molecule has 0 aromatic heterocycles. The minimum absolute atomic E-state index is 0. The van der Waals surface area contributed by atoms with Crippen molar-refractivity contribution < 1.29 is 52.6 Å². The van der Waals surface area contributed by atoms with Crippen LogP contribution in [0.4, 0.5) is 16.2 Å². The predicted molar refractivity (Wildman–Crippen MR) is 162 cm³/mol. The summed E-state index contributed by atoms with van der Waals surface area (Å²) >= 11 is 6.23. The van der Waals surface area contributed by atoms with E-state index in [9.17, 15) is 14.7 Å². The standard InChI is InChI=1S/C33H36ClN3O5.HI/c1-37(2)28-17-23(18-29(37)32-31(28)42-32)41-33(40)36-27-16-20(11-13-24(27)22-8-4-3-5-9-22)7-6-10-30(39)35-26-14-12-21(19-38)15-25(26)34;/h3-5,8-9,11-16,23,28-29,31-32,38H,6-7,10,17-19H2,1-2H3,(H-,35,36,39,40);1H/t23-,28-,29+,31-,32+;. The first-order chi connectivity index (χ1) is 20.2. The lowest BCUT2D eigenvalue weighted by atomic mass is 9.96. The maximum Gasteiger partial charge on any atom is 0.411 e. The van der Waals surface area contributed by atoms with E-state index in [0.717, 1.165) is 34.0 Å². The van der Waals surface area contributed by atoms with Crippen LogP contribution in [0.5, 0.6) is 0 Å². The molecule has 8 nitrogen and oxygen atoms in total. The fourth-order valence-electron chi connectivity index (χ4n) is 6.74. The first kappa shape index (κ1) is 31.7. The van der Waals surface area contributed by atoms with Gasteiger partial charge in [-0.2, -0.15) is 0 Å². The highest BCUT2D eigenvalue weighted by molar-refractivity contribution is 6.33. The van der Waals surface area contributed by atoms with Gasteiger partial charge in [0.25, 0.3) is 0 Å². The van der Waals surface area contributed by atoms with Gasteiger partial charge in [-0.3, -0.25) is 10.1 Å². The van der Waals surface area contributed by atoms with Crippen molar-refractivity contribution in [1.82, 2.24) is 0 Å². The van der Waals surface area contributed by atoms with E-state index in [0.29, 0.717) is 65.5 Å². The highest BCUT2D eigenvalue weighted by Crippen LogP contribution is 2.51. The van der Waals surface area contributed by atoms with E-state index >= 15 is 0 Å². The van der Waals surface area contributed by atoms with Crippen LogP contribution in [0.15, 0.2) is 66.7 Å². The molecule has 0 saturated carbocycles. The second-order valence-corrected chi connectivity index (χ2v) is 12.5. The van der Waals surface area contributed by atoms with E-state index < -0.39 is 6.09 Å². The number of morpholine rings is 1. The summed E-state index contributed by atoms with van der Waals surface area (Å²) in [6, 6.07) is 21.7. The summed E-state index contributed by atoms with van der Waals surface area (Å²) in [6.45, 7) is -0.110. The zero-order chi connectivity index (χ0) is 29.4. The van der Waals surface area contributed by atoms with E-state index in [4.69, 9.17) is 21.1 Å². The Hall–Kier alpha value is -2.70. The highest BCUT2D eigenvalue weighted by atomic mass is 127. The first-order valence-corrected chi connectivity index (χ1v) is 14.9. The average molecular weight is 718 g/mol. The molecule has 3 aliphatic heterocycles. The Morgan fingerprint density at radius 3 is 2.33 bits per heavy atom. The van der Waals surface area contributed by atoms with E-state index in [1.807, 2.05) is 48.5 Å². The van der Waals surface area contributed by atoms with Crippen LogP contribution in [0.3, 0.4) is 0 Å². The summed E-state index contributed by atoms with van der Waals surface area (Å²) in [6.07, 6.45) is 3.24. The number of likely N-dealkylation sites (N-methyl/N-ethyl adjacent to an activating group) is 1. The van der Waals surface area contributed by atoms with Gasteiger partial charge in [-0.15, -0.1) is 0 Å². The number of epoxide rings is 1. The number of anilines is 2. The molecule has 3 saturated heterocycles. The third-order valence-corrected chi connectivity index (χ3v) is 9.39. The van der Waals surface area contributed by atoms with E-state index in [2.05, 4.69) is 24.7 Å². The molecule has 0 radical (unpaired) electrons. The highest BCUT2D eigenvalue weighted by Gasteiger charge is 2.70.